The van der Waals surface area contributed by atoms with E-state index in [2.05, 4.69) is 16.0 Å². The summed E-state index contributed by atoms with van der Waals surface area (Å²) in [5.74, 6) is -1.15. The molecule has 1 aromatic carbocycles. The number of unbranched alkanes of at least 4 members (excludes halogenated alkanes) is 1. The van der Waals surface area contributed by atoms with Crippen LogP contribution in [-0.4, -0.2) is 85.5 Å². The smallest absolute Gasteiger partial charge is 0.407 e. The number of hydrogen-bond acceptors (Lipinski definition) is 8. The van der Waals surface area contributed by atoms with Crippen LogP contribution in [0.15, 0.2) is 30.3 Å². The number of benzene rings is 1. The molecular weight excluding hydrogens is 578 g/mol. The Labute approximate surface area is 268 Å². The lowest BCUT2D eigenvalue weighted by atomic mass is 10.0. The summed E-state index contributed by atoms with van der Waals surface area (Å²) in [7, 11) is 0. The van der Waals surface area contributed by atoms with E-state index in [1.807, 2.05) is 71.9 Å². The summed E-state index contributed by atoms with van der Waals surface area (Å²) in [4.78, 5) is 53.7. The summed E-state index contributed by atoms with van der Waals surface area (Å²) in [6.07, 6.45) is 1.72. The summed E-state index contributed by atoms with van der Waals surface area (Å²) < 4.78 is 16.7. The Morgan fingerprint density at radius 2 is 1.62 bits per heavy atom. The molecule has 254 valence electrons. The third kappa shape index (κ3) is 12.6. The summed E-state index contributed by atoms with van der Waals surface area (Å²) in [5, 5.41) is 8.61. The van der Waals surface area contributed by atoms with Crippen molar-refractivity contribution < 1.29 is 33.4 Å². The van der Waals surface area contributed by atoms with Gasteiger partial charge in [0.05, 0.1) is 12.1 Å². The number of rotatable bonds is 19. The van der Waals surface area contributed by atoms with E-state index in [1.54, 1.807) is 4.90 Å². The number of nitrogens with two attached hydrogens (primary N) is 1. The zero-order valence-electron chi connectivity index (χ0n) is 27.9. The van der Waals surface area contributed by atoms with E-state index in [-0.39, 0.29) is 36.3 Å². The molecule has 12 heteroatoms. The van der Waals surface area contributed by atoms with Gasteiger partial charge >= 0.3 is 6.09 Å². The van der Waals surface area contributed by atoms with Gasteiger partial charge in [-0.2, -0.15) is 0 Å². The van der Waals surface area contributed by atoms with Crippen molar-refractivity contribution in [1.29, 1.82) is 0 Å². The first kappa shape index (κ1) is 38.0. The van der Waals surface area contributed by atoms with Gasteiger partial charge in [0, 0.05) is 26.3 Å². The van der Waals surface area contributed by atoms with Crippen LogP contribution in [0.25, 0.3) is 0 Å². The fraction of sp³-hybridized carbons (Fsp3) is 0.697. The summed E-state index contributed by atoms with van der Waals surface area (Å²) in [5.41, 5.74) is 7.07. The van der Waals surface area contributed by atoms with Crippen LogP contribution in [0, 0.1) is 11.8 Å². The molecule has 4 amide bonds. The number of carbonyl (C=O) groups is 4. The minimum Gasteiger partial charge on any atom is -0.445 e. The van der Waals surface area contributed by atoms with Gasteiger partial charge in [-0.15, -0.1) is 0 Å². The van der Waals surface area contributed by atoms with Crippen molar-refractivity contribution in [2.24, 2.45) is 17.6 Å². The van der Waals surface area contributed by atoms with Gasteiger partial charge in [0.1, 0.15) is 18.7 Å². The molecule has 5 N–H and O–H groups in total. The molecular formula is C33H55N5O7. The monoisotopic (exact) mass is 633 g/mol. The predicted octanol–water partition coefficient (Wildman–Crippen LogP) is 3.08. The number of carbonyl (C=O) groups excluding carboxylic acids is 4. The van der Waals surface area contributed by atoms with Crippen LogP contribution in [0.3, 0.4) is 0 Å². The molecule has 1 heterocycles. The number of likely N-dealkylation sites (tertiary alicyclic amines) is 1. The molecule has 0 saturated carbocycles. The van der Waals surface area contributed by atoms with Crippen LogP contribution in [-0.2, 0) is 35.2 Å². The van der Waals surface area contributed by atoms with E-state index in [1.165, 1.54) is 0 Å². The fourth-order valence-electron chi connectivity index (χ4n) is 5.23. The number of nitrogens with zero attached hydrogens (tertiary/aromatic N) is 1. The van der Waals surface area contributed by atoms with Crippen molar-refractivity contribution in [3.8, 4) is 0 Å². The number of amides is 4. The van der Waals surface area contributed by atoms with E-state index < -0.39 is 36.4 Å². The highest BCUT2D eigenvalue weighted by molar-refractivity contribution is 5.93. The van der Waals surface area contributed by atoms with Gasteiger partial charge in [-0.05, 0) is 63.4 Å². The standard InChI is InChI=1S/C33H55N5O7/c1-7-43-32(44-8-2)28(23(5)6)37-30(40)26-18-14-20-38(26)31(41)27(22(3)4)36-29(39)25(34)17-12-13-19-35-33(42)45-21-24-15-10-9-11-16-24/h9-11,15-16,22-23,25-28,32H,7-8,12-14,17-21,34H2,1-6H3,(H,35,42)(H,36,39)(H,37,40)/t25-,26-,27-,28-/m0/s1. The van der Waals surface area contributed by atoms with Crippen LogP contribution in [0.1, 0.15) is 79.2 Å². The average Bonchev–Trinajstić information content (AvgIpc) is 3.51. The second-order valence-corrected chi connectivity index (χ2v) is 12.1. The van der Waals surface area contributed by atoms with Gasteiger partial charge in [-0.3, -0.25) is 14.4 Å². The molecule has 1 aliphatic heterocycles. The molecule has 1 aromatic rings. The van der Waals surface area contributed by atoms with Gasteiger partial charge in [0.2, 0.25) is 17.7 Å². The van der Waals surface area contributed by atoms with Crippen LogP contribution in [0.4, 0.5) is 4.79 Å². The third-order valence-electron chi connectivity index (χ3n) is 7.81. The first-order valence-corrected chi connectivity index (χ1v) is 16.3. The molecule has 0 aromatic heterocycles. The Kier molecular flexibility index (Phi) is 16.9. The highest BCUT2D eigenvalue weighted by atomic mass is 16.7. The maximum atomic E-state index is 13.7. The lowest BCUT2D eigenvalue weighted by Crippen LogP contribution is -2.59. The highest BCUT2D eigenvalue weighted by Gasteiger charge is 2.40. The Hall–Kier alpha value is -3.22. The van der Waals surface area contributed by atoms with Crippen molar-refractivity contribution >= 4 is 23.8 Å². The quantitative estimate of drug-likeness (QED) is 0.134. The molecule has 1 saturated heterocycles. The van der Waals surface area contributed by atoms with Gasteiger partial charge < -0.3 is 40.8 Å². The van der Waals surface area contributed by atoms with Crippen LogP contribution in [0.2, 0.25) is 0 Å². The maximum Gasteiger partial charge on any atom is 0.407 e. The van der Waals surface area contributed by atoms with Gasteiger partial charge in [0.15, 0.2) is 6.29 Å². The Morgan fingerprint density at radius 1 is 0.956 bits per heavy atom. The lowest BCUT2D eigenvalue weighted by Gasteiger charge is -2.34. The first-order valence-electron chi connectivity index (χ1n) is 16.3. The van der Waals surface area contributed by atoms with Crippen LogP contribution in [0.5, 0.6) is 0 Å². The van der Waals surface area contributed by atoms with E-state index in [0.717, 1.165) is 5.56 Å². The lowest BCUT2D eigenvalue weighted by molar-refractivity contribution is -0.166. The summed E-state index contributed by atoms with van der Waals surface area (Å²) >= 11 is 0. The van der Waals surface area contributed by atoms with E-state index in [0.29, 0.717) is 58.4 Å². The zero-order chi connectivity index (χ0) is 33.4. The van der Waals surface area contributed by atoms with Gasteiger partial charge in [-0.1, -0.05) is 58.0 Å². The van der Waals surface area contributed by atoms with Crippen molar-refractivity contribution in [3.63, 3.8) is 0 Å². The molecule has 4 atom stereocenters. The van der Waals surface area contributed by atoms with Gasteiger partial charge in [0.25, 0.3) is 0 Å². The molecule has 1 aliphatic rings. The molecule has 0 bridgehead atoms. The second kappa shape index (κ2) is 20.0. The van der Waals surface area contributed by atoms with E-state index >= 15 is 0 Å². The highest BCUT2D eigenvalue weighted by Crippen LogP contribution is 2.22. The predicted molar refractivity (Wildman–Crippen MR) is 172 cm³/mol. The summed E-state index contributed by atoms with van der Waals surface area (Å²) in [6.45, 7) is 13.3. The average molecular weight is 634 g/mol. The zero-order valence-corrected chi connectivity index (χ0v) is 27.9. The van der Waals surface area contributed by atoms with Crippen molar-refractivity contribution in [2.75, 3.05) is 26.3 Å². The van der Waals surface area contributed by atoms with E-state index in [4.69, 9.17) is 19.9 Å². The number of hydrogen-bond donors (Lipinski definition) is 4. The molecule has 2 rings (SSSR count). The van der Waals surface area contributed by atoms with Crippen molar-refractivity contribution in [2.45, 2.75) is 111 Å². The fourth-order valence-corrected chi connectivity index (χ4v) is 5.23. The minimum atomic E-state index is -0.821. The van der Waals surface area contributed by atoms with Crippen molar-refractivity contribution in [1.82, 2.24) is 20.9 Å². The Bertz CT molecular complexity index is 1050. The molecule has 1 fully saturated rings. The molecule has 0 spiro atoms. The number of ether oxygens (including phenoxy) is 3. The second-order valence-electron chi connectivity index (χ2n) is 12.1. The van der Waals surface area contributed by atoms with E-state index in [9.17, 15) is 19.2 Å². The molecule has 45 heavy (non-hydrogen) atoms. The SMILES string of the molecule is CCOC(OCC)[C@@H](NC(=O)[C@@H]1CCCN1C(=O)[C@@H](NC(=O)[C@@H](N)CCCCNC(=O)OCc1ccccc1)C(C)C)C(C)C. The minimum absolute atomic E-state index is 0.0380. The normalized spacial score (nSPS) is 16.8. The maximum absolute atomic E-state index is 13.7. The Morgan fingerprint density at radius 3 is 2.22 bits per heavy atom. The Balaban J connectivity index is 1.86. The number of nitrogens with one attached hydrogen (secondary N) is 3. The van der Waals surface area contributed by atoms with Crippen LogP contribution < -0.4 is 21.7 Å². The topological polar surface area (TPSA) is 161 Å². The molecule has 0 unspecified atom stereocenters. The third-order valence-corrected chi connectivity index (χ3v) is 7.81. The molecule has 0 aliphatic carbocycles. The van der Waals surface area contributed by atoms with Gasteiger partial charge in [-0.25, -0.2) is 4.79 Å². The van der Waals surface area contributed by atoms with Crippen molar-refractivity contribution in [3.05, 3.63) is 35.9 Å². The largest absolute Gasteiger partial charge is 0.445 e. The molecule has 0 radical (unpaired) electrons. The molecule has 12 nitrogen and oxygen atoms in total. The summed E-state index contributed by atoms with van der Waals surface area (Å²) in [6, 6.07) is 6.73. The first-order chi connectivity index (χ1) is 21.5. The number of alkyl carbamates (subject to hydrolysis) is 1. The van der Waals surface area contributed by atoms with Crippen LogP contribution >= 0.6 is 0 Å².